The molecule has 1 atom stereocenters. The summed E-state index contributed by atoms with van der Waals surface area (Å²) in [6.45, 7) is 0. The molecule has 0 aliphatic carbocycles. The first-order chi connectivity index (χ1) is 10.1. The first-order valence-corrected chi connectivity index (χ1v) is 7.90. The summed E-state index contributed by atoms with van der Waals surface area (Å²) >= 11 is 5.70. The van der Waals surface area contributed by atoms with E-state index in [-0.39, 0.29) is 11.6 Å². The fraction of sp³-hybridized carbons (Fsp3) is 0.154. The fourth-order valence-electron chi connectivity index (χ4n) is 1.50. The number of hydrazone groups is 1. The molecule has 6 nitrogen and oxygen atoms in total. The fourth-order valence-corrected chi connectivity index (χ4v) is 2.54. The van der Waals surface area contributed by atoms with E-state index in [1.807, 2.05) is 30.3 Å². The zero-order valence-electron chi connectivity index (χ0n) is 11.0. The number of hydrogen-bond donors (Lipinski definition) is 1. The topological polar surface area (TPSA) is 76.3 Å². The van der Waals surface area contributed by atoms with Crippen LogP contribution in [-0.2, 0) is 21.5 Å². The summed E-state index contributed by atoms with van der Waals surface area (Å²) in [6, 6.07) is 9.34. The number of rotatable bonds is 6. The molecule has 110 valence electrons. The van der Waals surface area contributed by atoms with Gasteiger partial charge >= 0.3 is 0 Å². The van der Waals surface area contributed by atoms with Crippen molar-refractivity contribution in [1.29, 1.82) is 0 Å². The van der Waals surface area contributed by atoms with Crippen LogP contribution in [0.3, 0.4) is 0 Å². The molecule has 1 aromatic heterocycles. The van der Waals surface area contributed by atoms with Gasteiger partial charge in [-0.2, -0.15) is 10.2 Å². The molecule has 1 amide bonds. The molecule has 1 aromatic carbocycles. The maximum Gasteiger partial charge on any atom is 0.252 e. The maximum atomic E-state index is 11.8. The van der Waals surface area contributed by atoms with Crippen LogP contribution in [0.1, 0.15) is 5.56 Å². The second-order valence-electron chi connectivity index (χ2n) is 4.12. The predicted octanol–water partition coefficient (Wildman–Crippen LogP) is 1.39. The lowest BCUT2D eigenvalue weighted by atomic mass is 10.2. The number of carbonyl (C=O) groups excluding carboxylic acids is 1. The molecule has 0 aliphatic rings. The van der Waals surface area contributed by atoms with Gasteiger partial charge in [0.1, 0.15) is 11.6 Å². The second kappa shape index (κ2) is 7.70. The SMILES string of the molecule is O=C(C[S@@](=O)Cn1cc(Cl)cn1)N/N=C\c1ccccc1. The number of hydrogen-bond acceptors (Lipinski definition) is 4. The van der Waals surface area contributed by atoms with E-state index in [1.165, 1.54) is 17.1 Å². The van der Waals surface area contributed by atoms with Gasteiger partial charge in [0, 0.05) is 6.20 Å². The molecule has 2 aromatic rings. The van der Waals surface area contributed by atoms with Crippen LogP contribution in [-0.4, -0.2) is 31.9 Å². The molecule has 0 unspecified atom stereocenters. The summed E-state index contributed by atoms with van der Waals surface area (Å²) in [7, 11) is -1.38. The van der Waals surface area contributed by atoms with E-state index < -0.39 is 16.7 Å². The molecule has 0 bridgehead atoms. The highest BCUT2D eigenvalue weighted by molar-refractivity contribution is 7.84. The minimum Gasteiger partial charge on any atom is -0.272 e. The Balaban J connectivity index is 1.76. The van der Waals surface area contributed by atoms with Crippen molar-refractivity contribution in [3.63, 3.8) is 0 Å². The first-order valence-electron chi connectivity index (χ1n) is 6.03. The lowest BCUT2D eigenvalue weighted by molar-refractivity contribution is -0.118. The number of nitrogens with one attached hydrogen (secondary N) is 1. The van der Waals surface area contributed by atoms with E-state index in [4.69, 9.17) is 11.6 Å². The van der Waals surface area contributed by atoms with E-state index in [1.54, 1.807) is 6.20 Å². The number of benzene rings is 1. The van der Waals surface area contributed by atoms with Crippen LogP contribution < -0.4 is 5.43 Å². The summed E-state index contributed by atoms with van der Waals surface area (Å²) in [4.78, 5) is 11.6. The zero-order valence-corrected chi connectivity index (χ0v) is 12.5. The van der Waals surface area contributed by atoms with Gasteiger partial charge in [0.05, 0.1) is 28.2 Å². The molecule has 0 radical (unpaired) electrons. The Morgan fingerprint density at radius 1 is 1.43 bits per heavy atom. The van der Waals surface area contributed by atoms with Crippen molar-refractivity contribution in [2.45, 2.75) is 5.88 Å². The Bertz CT molecular complexity index is 657. The van der Waals surface area contributed by atoms with Gasteiger partial charge in [-0.15, -0.1) is 0 Å². The minimum absolute atomic E-state index is 0.114. The molecule has 0 fully saturated rings. The maximum absolute atomic E-state index is 11.8. The van der Waals surface area contributed by atoms with Gasteiger partial charge in [0.2, 0.25) is 0 Å². The third-order valence-corrected chi connectivity index (χ3v) is 3.70. The largest absolute Gasteiger partial charge is 0.272 e. The summed E-state index contributed by atoms with van der Waals surface area (Å²) in [5, 5.41) is 8.16. The molecule has 1 N–H and O–H groups in total. The van der Waals surface area contributed by atoms with Gasteiger partial charge in [0.15, 0.2) is 0 Å². The molecule has 8 heteroatoms. The summed E-state index contributed by atoms with van der Waals surface area (Å²) in [5.74, 6) is -0.453. The quantitative estimate of drug-likeness (QED) is 0.644. The first kappa shape index (κ1) is 15.4. The highest BCUT2D eigenvalue weighted by Gasteiger charge is 2.08. The van der Waals surface area contributed by atoms with Crippen LogP contribution in [0.5, 0.6) is 0 Å². The van der Waals surface area contributed by atoms with E-state index >= 15 is 0 Å². The number of amides is 1. The van der Waals surface area contributed by atoms with Gasteiger partial charge in [-0.3, -0.25) is 13.7 Å². The van der Waals surface area contributed by atoms with Gasteiger partial charge in [-0.1, -0.05) is 41.9 Å². The molecule has 0 spiro atoms. The highest BCUT2D eigenvalue weighted by Crippen LogP contribution is 2.05. The Morgan fingerprint density at radius 2 is 2.19 bits per heavy atom. The van der Waals surface area contributed by atoms with E-state index in [9.17, 15) is 9.00 Å². The Morgan fingerprint density at radius 3 is 2.86 bits per heavy atom. The minimum atomic E-state index is -1.38. The molecule has 0 aliphatic heterocycles. The number of carbonyl (C=O) groups is 1. The van der Waals surface area contributed by atoms with Crippen LogP contribution >= 0.6 is 11.6 Å². The van der Waals surface area contributed by atoms with E-state index in [0.29, 0.717) is 5.02 Å². The molecule has 0 saturated carbocycles. The molecular formula is C13H13ClN4O2S. The number of halogens is 1. The van der Waals surface area contributed by atoms with Gasteiger partial charge in [0.25, 0.3) is 5.91 Å². The lowest BCUT2D eigenvalue weighted by Crippen LogP contribution is -2.25. The predicted molar refractivity (Wildman–Crippen MR) is 82.4 cm³/mol. The monoisotopic (exact) mass is 324 g/mol. The summed E-state index contributed by atoms with van der Waals surface area (Å²) < 4.78 is 13.2. The molecule has 2 rings (SSSR count). The molecule has 21 heavy (non-hydrogen) atoms. The van der Waals surface area contributed by atoms with Crippen LogP contribution in [0.4, 0.5) is 0 Å². The summed E-state index contributed by atoms with van der Waals surface area (Å²) in [6.07, 6.45) is 4.52. The lowest BCUT2D eigenvalue weighted by Gasteiger charge is -2.01. The van der Waals surface area contributed by atoms with E-state index in [2.05, 4.69) is 15.6 Å². The van der Waals surface area contributed by atoms with Crippen molar-refractivity contribution in [3.05, 3.63) is 53.3 Å². The highest BCUT2D eigenvalue weighted by atomic mass is 35.5. The van der Waals surface area contributed by atoms with Gasteiger partial charge < -0.3 is 0 Å². The van der Waals surface area contributed by atoms with Crippen LogP contribution in [0.15, 0.2) is 47.8 Å². The average Bonchev–Trinajstić information content (AvgIpc) is 2.85. The number of nitrogens with zero attached hydrogens (tertiary/aromatic N) is 3. The second-order valence-corrected chi connectivity index (χ2v) is 5.98. The summed E-state index contributed by atoms with van der Waals surface area (Å²) in [5.41, 5.74) is 3.20. The Labute approximate surface area is 129 Å². The van der Waals surface area contributed by atoms with Crippen LogP contribution in [0.2, 0.25) is 5.02 Å². The average molecular weight is 325 g/mol. The van der Waals surface area contributed by atoms with Crippen molar-refractivity contribution in [2.24, 2.45) is 5.10 Å². The normalized spacial score (nSPS) is 12.4. The van der Waals surface area contributed by atoms with Crippen LogP contribution in [0.25, 0.3) is 0 Å². The number of aromatic nitrogens is 2. The van der Waals surface area contributed by atoms with Crippen molar-refractivity contribution in [2.75, 3.05) is 5.75 Å². The zero-order chi connectivity index (χ0) is 15.1. The standard InChI is InChI=1S/C13H13ClN4O2S/c14-12-7-16-18(8-12)10-21(20)9-13(19)17-15-6-11-4-2-1-3-5-11/h1-8H,9-10H2,(H,17,19)/b15-6-/t21-/m1/s1. The smallest absolute Gasteiger partial charge is 0.252 e. The molecular weight excluding hydrogens is 312 g/mol. The van der Waals surface area contributed by atoms with Gasteiger partial charge in [-0.05, 0) is 5.56 Å². The van der Waals surface area contributed by atoms with Crippen molar-refractivity contribution >= 4 is 34.5 Å². The van der Waals surface area contributed by atoms with Crippen molar-refractivity contribution in [3.8, 4) is 0 Å². The van der Waals surface area contributed by atoms with Gasteiger partial charge in [-0.25, -0.2) is 5.43 Å². The van der Waals surface area contributed by atoms with E-state index in [0.717, 1.165) is 5.56 Å². The Kier molecular flexibility index (Phi) is 5.65. The third-order valence-electron chi connectivity index (χ3n) is 2.37. The Hall–Kier alpha value is -1.99. The molecule has 0 saturated heterocycles. The third kappa shape index (κ3) is 5.49. The van der Waals surface area contributed by atoms with Crippen molar-refractivity contribution < 1.29 is 9.00 Å². The molecule has 1 heterocycles. The van der Waals surface area contributed by atoms with Crippen LogP contribution in [0, 0.1) is 0 Å². The van der Waals surface area contributed by atoms with Crippen molar-refractivity contribution in [1.82, 2.24) is 15.2 Å².